The van der Waals surface area contributed by atoms with E-state index in [-0.39, 0.29) is 5.91 Å². The number of hydrogen-bond donors (Lipinski definition) is 1. The first-order valence-electron chi connectivity index (χ1n) is 6.16. The Morgan fingerprint density at radius 3 is 2.39 bits per heavy atom. The Hall–Kier alpha value is -2.09. The third-order valence-electron chi connectivity index (χ3n) is 2.81. The van der Waals surface area contributed by atoms with Crippen LogP contribution in [0.15, 0.2) is 48.5 Å². The minimum atomic E-state index is -0.0213. The second-order valence-corrected chi connectivity index (χ2v) is 4.31. The number of aryl methyl sites for hydroxylation is 1. The number of rotatable bonds is 3. The lowest BCUT2D eigenvalue weighted by Crippen LogP contribution is -2.22. The van der Waals surface area contributed by atoms with Gasteiger partial charge in [-0.3, -0.25) is 4.79 Å². The number of amides is 1. The van der Waals surface area contributed by atoms with Gasteiger partial charge in [-0.25, -0.2) is 0 Å². The molecule has 0 atom stereocenters. The lowest BCUT2D eigenvalue weighted by Gasteiger charge is -2.06. The molecule has 2 rings (SSSR count). The maximum atomic E-state index is 11.8. The maximum absolute atomic E-state index is 11.8. The van der Waals surface area contributed by atoms with Crippen molar-refractivity contribution >= 4 is 5.91 Å². The zero-order valence-corrected chi connectivity index (χ0v) is 10.7. The summed E-state index contributed by atoms with van der Waals surface area (Å²) in [5.41, 5.74) is 4.13. The highest BCUT2D eigenvalue weighted by atomic mass is 16.1. The van der Waals surface area contributed by atoms with Gasteiger partial charge in [0.15, 0.2) is 0 Å². The van der Waals surface area contributed by atoms with Crippen LogP contribution in [-0.2, 0) is 0 Å². The molecule has 0 spiro atoms. The number of carbonyl (C=O) groups excluding carboxylic acids is 1. The van der Waals surface area contributed by atoms with Gasteiger partial charge in [-0.1, -0.05) is 42.0 Å². The van der Waals surface area contributed by atoms with Gasteiger partial charge in [-0.2, -0.15) is 0 Å². The molecule has 2 heteroatoms. The molecule has 2 nitrogen and oxygen atoms in total. The SMILES string of the molecule is CCNC(=O)c1cccc(-c2cccc(C)c2)c1. The monoisotopic (exact) mass is 239 g/mol. The van der Waals surface area contributed by atoms with Crippen molar-refractivity contribution in [3.05, 3.63) is 59.7 Å². The molecule has 0 radical (unpaired) electrons. The van der Waals surface area contributed by atoms with Crippen molar-refractivity contribution in [2.45, 2.75) is 13.8 Å². The van der Waals surface area contributed by atoms with Crippen molar-refractivity contribution in [1.29, 1.82) is 0 Å². The van der Waals surface area contributed by atoms with Crippen LogP contribution in [0.4, 0.5) is 0 Å². The Bertz CT molecular complexity index is 561. The van der Waals surface area contributed by atoms with Crippen LogP contribution in [0.2, 0.25) is 0 Å². The van der Waals surface area contributed by atoms with Crippen molar-refractivity contribution in [2.75, 3.05) is 6.54 Å². The molecular weight excluding hydrogens is 222 g/mol. The van der Waals surface area contributed by atoms with E-state index in [9.17, 15) is 4.79 Å². The summed E-state index contributed by atoms with van der Waals surface area (Å²) in [7, 11) is 0. The first-order chi connectivity index (χ1) is 8.70. The normalized spacial score (nSPS) is 10.1. The number of nitrogens with one attached hydrogen (secondary N) is 1. The highest BCUT2D eigenvalue weighted by molar-refractivity contribution is 5.95. The Morgan fingerprint density at radius 1 is 1.06 bits per heavy atom. The number of carbonyl (C=O) groups is 1. The number of benzene rings is 2. The predicted molar refractivity (Wildman–Crippen MR) is 74.6 cm³/mol. The Kier molecular flexibility index (Phi) is 3.78. The summed E-state index contributed by atoms with van der Waals surface area (Å²) in [6.07, 6.45) is 0. The lowest BCUT2D eigenvalue weighted by atomic mass is 10.0. The molecule has 2 aromatic rings. The molecule has 1 N–H and O–H groups in total. The summed E-state index contributed by atoms with van der Waals surface area (Å²) in [5, 5.41) is 2.81. The molecule has 0 aromatic heterocycles. The van der Waals surface area contributed by atoms with Crippen LogP contribution in [-0.4, -0.2) is 12.5 Å². The van der Waals surface area contributed by atoms with Gasteiger partial charge in [0, 0.05) is 12.1 Å². The van der Waals surface area contributed by atoms with Crippen LogP contribution in [0.3, 0.4) is 0 Å². The lowest BCUT2D eigenvalue weighted by molar-refractivity contribution is 0.0956. The minimum Gasteiger partial charge on any atom is -0.352 e. The van der Waals surface area contributed by atoms with E-state index < -0.39 is 0 Å². The molecule has 92 valence electrons. The molecule has 0 unspecified atom stereocenters. The van der Waals surface area contributed by atoms with E-state index in [4.69, 9.17) is 0 Å². The molecule has 0 bridgehead atoms. The fourth-order valence-corrected chi connectivity index (χ4v) is 1.93. The van der Waals surface area contributed by atoms with Crippen LogP contribution in [0.5, 0.6) is 0 Å². The highest BCUT2D eigenvalue weighted by Gasteiger charge is 2.05. The Labute approximate surface area is 108 Å². The minimum absolute atomic E-state index is 0.0213. The molecule has 2 aromatic carbocycles. The van der Waals surface area contributed by atoms with Gasteiger partial charge in [0.05, 0.1) is 0 Å². The molecule has 18 heavy (non-hydrogen) atoms. The largest absolute Gasteiger partial charge is 0.352 e. The fraction of sp³-hybridized carbons (Fsp3) is 0.188. The summed E-state index contributed by atoms with van der Waals surface area (Å²) < 4.78 is 0. The predicted octanol–water partition coefficient (Wildman–Crippen LogP) is 3.41. The van der Waals surface area contributed by atoms with Gasteiger partial charge in [0.2, 0.25) is 0 Å². The molecule has 0 aliphatic rings. The van der Waals surface area contributed by atoms with Gasteiger partial charge < -0.3 is 5.32 Å². The first-order valence-corrected chi connectivity index (χ1v) is 6.16. The van der Waals surface area contributed by atoms with Crippen molar-refractivity contribution in [3.63, 3.8) is 0 Å². The zero-order valence-electron chi connectivity index (χ0n) is 10.7. The molecule has 0 saturated carbocycles. The standard InChI is InChI=1S/C16H17NO/c1-3-17-16(18)15-9-5-8-14(11-15)13-7-4-6-12(2)10-13/h4-11H,3H2,1-2H3,(H,17,18). The van der Waals surface area contributed by atoms with Crippen LogP contribution in [0.25, 0.3) is 11.1 Å². The van der Waals surface area contributed by atoms with Gasteiger partial charge in [0.1, 0.15) is 0 Å². The molecular formula is C16H17NO. The average molecular weight is 239 g/mol. The summed E-state index contributed by atoms with van der Waals surface area (Å²) in [4.78, 5) is 11.8. The summed E-state index contributed by atoms with van der Waals surface area (Å²) >= 11 is 0. The highest BCUT2D eigenvalue weighted by Crippen LogP contribution is 2.21. The first kappa shape index (κ1) is 12.4. The van der Waals surface area contributed by atoms with Crippen molar-refractivity contribution in [1.82, 2.24) is 5.32 Å². The molecule has 0 heterocycles. The summed E-state index contributed by atoms with van der Waals surface area (Å²) in [6.45, 7) is 4.63. The third kappa shape index (κ3) is 2.77. The maximum Gasteiger partial charge on any atom is 0.251 e. The molecule has 0 fully saturated rings. The van der Waals surface area contributed by atoms with Crippen molar-refractivity contribution in [3.8, 4) is 11.1 Å². The quantitative estimate of drug-likeness (QED) is 0.873. The van der Waals surface area contributed by atoms with Crippen molar-refractivity contribution < 1.29 is 4.79 Å². The van der Waals surface area contributed by atoms with E-state index in [1.54, 1.807) is 0 Å². The summed E-state index contributed by atoms with van der Waals surface area (Å²) in [6, 6.07) is 16.0. The van der Waals surface area contributed by atoms with E-state index in [1.165, 1.54) is 5.56 Å². The summed E-state index contributed by atoms with van der Waals surface area (Å²) in [5.74, 6) is -0.0213. The van der Waals surface area contributed by atoms with Gasteiger partial charge in [-0.15, -0.1) is 0 Å². The van der Waals surface area contributed by atoms with E-state index in [0.29, 0.717) is 12.1 Å². The molecule has 1 amide bonds. The topological polar surface area (TPSA) is 29.1 Å². The van der Waals surface area contributed by atoms with E-state index in [1.807, 2.05) is 37.3 Å². The number of hydrogen-bond acceptors (Lipinski definition) is 1. The second-order valence-electron chi connectivity index (χ2n) is 4.31. The van der Waals surface area contributed by atoms with Gasteiger partial charge in [-0.05, 0) is 37.1 Å². The smallest absolute Gasteiger partial charge is 0.251 e. The molecule has 0 aliphatic carbocycles. The second kappa shape index (κ2) is 5.50. The van der Waals surface area contributed by atoms with E-state index in [2.05, 4.69) is 30.4 Å². The van der Waals surface area contributed by atoms with Crippen LogP contribution in [0.1, 0.15) is 22.8 Å². The van der Waals surface area contributed by atoms with Gasteiger partial charge >= 0.3 is 0 Å². The fourth-order valence-electron chi connectivity index (χ4n) is 1.93. The van der Waals surface area contributed by atoms with Crippen LogP contribution in [0, 0.1) is 6.92 Å². The van der Waals surface area contributed by atoms with Crippen LogP contribution >= 0.6 is 0 Å². The van der Waals surface area contributed by atoms with Crippen molar-refractivity contribution in [2.24, 2.45) is 0 Å². The zero-order chi connectivity index (χ0) is 13.0. The van der Waals surface area contributed by atoms with Gasteiger partial charge in [0.25, 0.3) is 5.91 Å². The molecule has 0 aliphatic heterocycles. The molecule has 0 saturated heterocycles. The Morgan fingerprint density at radius 2 is 1.72 bits per heavy atom. The van der Waals surface area contributed by atoms with E-state index in [0.717, 1.165) is 11.1 Å². The average Bonchev–Trinajstić information content (AvgIpc) is 2.39. The van der Waals surface area contributed by atoms with Crippen LogP contribution < -0.4 is 5.32 Å². The Balaban J connectivity index is 2.35. The third-order valence-corrected chi connectivity index (χ3v) is 2.81. The van der Waals surface area contributed by atoms with E-state index >= 15 is 0 Å².